The Kier molecular flexibility index (Phi) is 3.85. The minimum absolute atomic E-state index is 0.296. The summed E-state index contributed by atoms with van der Waals surface area (Å²) in [5.74, 6) is 0.979. The van der Waals surface area contributed by atoms with Gasteiger partial charge in [0.25, 0.3) is 0 Å². The number of nitrogens with two attached hydrogens (primary N) is 1. The molecule has 1 aromatic carbocycles. The van der Waals surface area contributed by atoms with Crippen LogP contribution in [0.1, 0.15) is 18.6 Å². The molecule has 2 aromatic rings. The highest BCUT2D eigenvalue weighted by Crippen LogP contribution is 2.31. The van der Waals surface area contributed by atoms with Crippen molar-refractivity contribution in [2.24, 2.45) is 0 Å². The molecule has 4 nitrogen and oxygen atoms in total. The van der Waals surface area contributed by atoms with Crippen LogP contribution < -0.4 is 15.2 Å². The molecular formula is C14H15FN2O2. The number of nitrogens with zero attached hydrogens (tertiary/aromatic N) is 1. The second-order valence-corrected chi connectivity index (χ2v) is 4.03. The summed E-state index contributed by atoms with van der Waals surface area (Å²) in [6.07, 6.45) is 1.17. The van der Waals surface area contributed by atoms with Gasteiger partial charge < -0.3 is 15.2 Å². The maximum absolute atomic E-state index is 13.3. The fourth-order valence-electron chi connectivity index (χ4n) is 1.78. The van der Waals surface area contributed by atoms with Crippen molar-refractivity contribution in [3.8, 4) is 11.5 Å². The molecule has 1 aromatic heterocycles. The standard InChI is InChI=1S/C14H15FN2O2/c1-9(19-13-4-3-7-17-14(13)16)11-8-10(15)5-6-12(11)18-2/h3-9H,1-2H3,(H2,16,17)/t9-/m0/s1. The number of benzene rings is 1. The lowest BCUT2D eigenvalue weighted by molar-refractivity contribution is 0.221. The first-order chi connectivity index (χ1) is 9.11. The van der Waals surface area contributed by atoms with Crippen molar-refractivity contribution in [1.82, 2.24) is 4.98 Å². The molecular weight excluding hydrogens is 247 g/mol. The maximum atomic E-state index is 13.3. The molecule has 1 atom stereocenters. The van der Waals surface area contributed by atoms with Gasteiger partial charge >= 0.3 is 0 Å². The van der Waals surface area contributed by atoms with Crippen LogP contribution in [0.5, 0.6) is 11.5 Å². The highest BCUT2D eigenvalue weighted by molar-refractivity contribution is 5.45. The smallest absolute Gasteiger partial charge is 0.166 e. The Labute approximate surface area is 111 Å². The van der Waals surface area contributed by atoms with Crippen LogP contribution in [-0.2, 0) is 0 Å². The molecule has 0 saturated carbocycles. The van der Waals surface area contributed by atoms with Crippen molar-refractivity contribution in [2.45, 2.75) is 13.0 Å². The third-order valence-corrected chi connectivity index (χ3v) is 2.73. The first kappa shape index (κ1) is 13.1. The van der Waals surface area contributed by atoms with Crippen LogP contribution in [0.2, 0.25) is 0 Å². The molecule has 0 amide bonds. The van der Waals surface area contributed by atoms with Crippen LogP contribution in [0.3, 0.4) is 0 Å². The first-order valence-corrected chi connectivity index (χ1v) is 5.82. The number of rotatable bonds is 4. The SMILES string of the molecule is COc1ccc(F)cc1[C@H](C)Oc1cccnc1N. The fourth-order valence-corrected chi connectivity index (χ4v) is 1.78. The van der Waals surface area contributed by atoms with Gasteiger partial charge in [0.05, 0.1) is 7.11 Å². The molecule has 1 heterocycles. The number of nitrogen functional groups attached to an aromatic ring is 1. The molecule has 0 aliphatic carbocycles. The largest absolute Gasteiger partial charge is 0.496 e. The van der Waals surface area contributed by atoms with E-state index >= 15 is 0 Å². The summed E-state index contributed by atoms with van der Waals surface area (Å²) < 4.78 is 24.2. The molecule has 0 radical (unpaired) electrons. The molecule has 2 N–H and O–H groups in total. The van der Waals surface area contributed by atoms with Crippen LogP contribution in [-0.4, -0.2) is 12.1 Å². The number of aromatic nitrogens is 1. The molecule has 0 saturated heterocycles. The predicted molar refractivity (Wildman–Crippen MR) is 70.6 cm³/mol. The number of hydrogen-bond acceptors (Lipinski definition) is 4. The van der Waals surface area contributed by atoms with Crippen molar-refractivity contribution in [2.75, 3.05) is 12.8 Å². The summed E-state index contributed by atoms with van der Waals surface area (Å²) >= 11 is 0. The highest BCUT2D eigenvalue weighted by Gasteiger charge is 2.15. The fraction of sp³-hybridized carbons (Fsp3) is 0.214. The van der Waals surface area contributed by atoms with E-state index in [0.29, 0.717) is 22.9 Å². The lowest BCUT2D eigenvalue weighted by Gasteiger charge is -2.18. The van der Waals surface area contributed by atoms with Crippen molar-refractivity contribution in [3.05, 3.63) is 47.9 Å². The monoisotopic (exact) mass is 262 g/mol. The molecule has 0 spiro atoms. The van der Waals surface area contributed by atoms with Crippen molar-refractivity contribution < 1.29 is 13.9 Å². The van der Waals surface area contributed by atoms with Gasteiger partial charge in [0.2, 0.25) is 0 Å². The molecule has 0 unspecified atom stereocenters. The summed E-state index contributed by atoms with van der Waals surface area (Å²) in [4.78, 5) is 3.93. The molecule has 0 aliphatic rings. The van der Waals surface area contributed by atoms with E-state index in [0.717, 1.165) is 0 Å². The molecule has 0 fully saturated rings. The first-order valence-electron chi connectivity index (χ1n) is 5.82. The Morgan fingerprint density at radius 1 is 1.26 bits per heavy atom. The minimum atomic E-state index is -0.405. The van der Waals surface area contributed by atoms with Gasteiger partial charge in [-0.15, -0.1) is 0 Å². The van der Waals surface area contributed by atoms with E-state index in [-0.39, 0.29) is 5.82 Å². The van der Waals surface area contributed by atoms with E-state index in [1.807, 2.05) is 0 Å². The summed E-state index contributed by atoms with van der Waals surface area (Å²) in [5, 5.41) is 0. The van der Waals surface area contributed by atoms with E-state index in [1.54, 1.807) is 31.3 Å². The van der Waals surface area contributed by atoms with Crippen LogP contribution in [0.25, 0.3) is 0 Å². The highest BCUT2D eigenvalue weighted by atomic mass is 19.1. The van der Waals surface area contributed by atoms with Crippen molar-refractivity contribution in [3.63, 3.8) is 0 Å². The Morgan fingerprint density at radius 2 is 2.05 bits per heavy atom. The number of halogens is 1. The normalized spacial score (nSPS) is 11.9. The van der Waals surface area contributed by atoms with Gasteiger partial charge in [-0.1, -0.05) is 0 Å². The van der Waals surface area contributed by atoms with E-state index in [2.05, 4.69) is 4.98 Å². The Morgan fingerprint density at radius 3 is 2.74 bits per heavy atom. The quantitative estimate of drug-likeness (QED) is 0.920. The average Bonchev–Trinajstić information content (AvgIpc) is 2.41. The number of ether oxygens (including phenoxy) is 2. The zero-order valence-corrected chi connectivity index (χ0v) is 10.8. The van der Waals surface area contributed by atoms with Crippen LogP contribution in [0.15, 0.2) is 36.5 Å². The van der Waals surface area contributed by atoms with Crippen LogP contribution in [0.4, 0.5) is 10.2 Å². The maximum Gasteiger partial charge on any atom is 0.166 e. The van der Waals surface area contributed by atoms with E-state index in [9.17, 15) is 4.39 Å². The minimum Gasteiger partial charge on any atom is -0.496 e. The topological polar surface area (TPSA) is 57.4 Å². The zero-order valence-electron chi connectivity index (χ0n) is 10.8. The lowest BCUT2D eigenvalue weighted by Crippen LogP contribution is -2.07. The summed E-state index contributed by atoms with van der Waals surface area (Å²) in [6, 6.07) is 7.73. The number of pyridine rings is 1. The molecule has 2 rings (SSSR count). The van der Waals surface area contributed by atoms with E-state index < -0.39 is 6.10 Å². The molecule has 19 heavy (non-hydrogen) atoms. The van der Waals surface area contributed by atoms with Crippen molar-refractivity contribution >= 4 is 5.82 Å². The van der Waals surface area contributed by atoms with Gasteiger partial charge in [0.1, 0.15) is 17.7 Å². The summed E-state index contributed by atoms with van der Waals surface area (Å²) in [6.45, 7) is 1.80. The third-order valence-electron chi connectivity index (χ3n) is 2.73. The van der Waals surface area contributed by atoms with Crippen LogP contribution in [0, 0.1) is 5.82 Å². The number of methoxy groups -OCH3 is 1. The summed E-state index contributed by atoms with van der Waals surface area (Å²) in [7, 11) is 1.53. The summed E-state index contributed by atoms with van der Waals surface area (Å²) in [5.41, 5.74) is 6.32. The van der Waals surface area contributed by atoms with Crippen LogP contribution >= 0.6 is 0 Å². The third kappa shape index (κ3) is 2.93. The Hall–Kier alpha value is -2.30. The van der Waals surface area contributed by atoms with Gasteiger partial charge in [0.15, 0.2) is 11.6 Å². The zero-order chi connectivity index (χ0) is 13.8. The predicted octanol–water partition coefficient (Wildman–Crippen LogP) is 2.95. The Balaban J connectivity index is 2.27. The second-order valence-electron chi connectivity index (χ2n) is 4.03. The van der Waals surface area contributed by atoms with Gasteiger partial charge in [-0.3, -0.25) is 0 Å². The lowest BCUT2D eigenvalue weighted by atomic mass is 10.1. The van der Waals surface area contributed by atoms with Gasteiger partial charge in [0, 0.05) is 11.8 Å². The van der Waals surface area contributed by atoms with E-state index in [1.165, 1.54) is 19.2 Å². The molecule has 100 valence electrons. The van der Waals surface area contributed by atoms with E-state index in [4.69, 9.17) is 15.2 Å². The Bertz CT molecular complexity index is 575. The molecule has 0 bridgehead atoms. The van der Waals surface area contributed by atoms with Crippen molar-refractivity contribution in [1.29, 1.82) is 0 Å². The van der Waals surface area contributed by atoms with Gasteiger partial charge in [-0.25, -0.2) is 9.37 Å². The molecule has 0 aliphatic heterocycles. The second kappa shape index (κ2) is 5.56. The number of hydrogen-bond donors (Lipinski definition) is 1. The van der Waals surface area contributed by atoms with Gasteiger partial charge in [-0.05, 0) is 37.3 Å². The average molecular weight is 262 g/mol. The number of anilines is 1. The molecule has 5 heteroatoms. The van der Waals surface area contributed by atoms with Gasteiger partial charge in [-0.2, -0.15) is 0 Å².